The molecule has 0 saturated carbocycles. The van der Waals surface area contributed by atoms with Crippen LogP contribution in [0.25, 0.3) is 0 Å². The van der Waals surface area contributed by atoms with Gasteiger partial charge >= 0.3 is 0 Å². The summed E-state index contributed by atoms with van der Waals surface area (Å²) in [6, 6.07) is 7.89. The van der Waals surface area contributed by atoms with E-state index in [1.165, 1.54) is 0 Å². The summed E-state index contributed by atoms with van der Waals surface area (Å²) in [5, 5.41) is 0. The predicted molar refractivity (Wildman–Crippen MR) is 66.6 cm³/mol. The molecule has 0 radical (unpaired) electrons. The number of hydrogen-bond acceptors (Lipinski definition) is 3. The molecule has 1 atom stereocenters. The van der Waals surface area contributed by atoms with Gasteiger partial charge in [0.15, 0.2) is 0 Å². The van der Waals surface area contributed by atoms with Crippen LogP contribution in [0, 0.1) is 0 Å². The molecule has 0 amide bonds. The van der Waals surface area contributed by atoms with Gasteiger partial charge in [0.25, 0.3) is 0 Å². The quantitative estimate of drug-likeness (QED) is 0.875. The molecule has 4 heteroatoms. The smallest absolute Gasteiger partial charge is 0.146 e. The highest BCUT2D eigenvalue weighted by Crippen LogP contribution is 2.16. The van der Waals surface area contributed by atoms with E-state index in [0.29, 0.717) is 6.61 Å². The van der Waals surface area contributed by atoms with Crippen molar-refractivity contribution in [3.63, 3.8) is 0 Å². The first kappa shape index (κ1) is 11.7. The summed E-state index contributed by atoms with van der Waals surface area (Å²) < 4.78 is 7.58. The number of benzene rings is 1. The normalized spacial score (nSPS) is 12.4. The molecule has 4 nitrogen and oxygen atoms in total. The fourth-order valence-electron chi connectivity index (χ4n) is 1.55. The van der Waals surface area contributed by atoms with Gasteiger partial charge in [-0.3, -0.25) is 0 Å². The maximum absolute atomic E-state index is 5.78. The van der Waals surface area contributed by atoms with E-state index in [1.54, 1.807) is 6.20 Å². The average molecular weight is 231 g/mol. The Morgan fingerprint density at radius 1 is 1.35 bits per heavy atom. The molecule has 0 saturated heterocycles. The number of hydrogen-bond donors (Lipinski definition) is 1. The van der Waals surface area contributed by atoms with Gasteiger partial charge in [-0.25, -0.2) is 4.98 Å². The second kappa shape index (κ2) is 5.01. The lowest BCUT2D eigenvalue weighted by atomic mass is 10.1. The number of ether oxygens (including phenoxy) is 1. The Balaban J connectivity index is 1.98. The largest absolute Gasteiger partial charge is 0.486 e. The summed E-state index contributed by atoms with van der Waals surface area (Å²) >= 11 is 0. The molecule has 2 N–H and O–H groups in total. The van der Waals surface area contributed by atoms with Crippen molar-refractivity contribution in [3.8, 4) is 5.75 Å². The van der Waals surface area contributed by atoms with Crippen molar-refractivity contribution < 1.29 is 4.74 Å². The maximum Gasteiger partial charge on any atom is 0.146 e. The number of nitrogens with zero attached hydrogens (tertiary/aromatic N) is 2. The molecular formula is C13H17N3O. The fraction of sp³-hybridized carbons (Fsp3) is 0.308. The highest BCUT2D eigenvalue weighted by Gasteiger charge is 2.02. The molecule has 1 aromatic carbocycles. The topological polar surface area (TPSA) is 53.1 Å². The zero-order valence-corrected chi connectivity index (χ0v) is 10.1. The van der Waals surface area contributed by atoms with Crippen LogP contribution in [0.3, 0.4) is 0 Å². The molecule has 1 heterocycles. The molecule has 2 rings (SSSR count). The second-order valence-corrected chi connectivity index (χ2v) is 4.10. The third kappa shape index (κ3) is 2.85. The van der Waals surface area contributed by atoms with Crippen LogP contribution in [0.15, 0.2) is 36.7 Å². The van der Waals surface area contributed by atoms with E-state index in [9.17, 15) is 0 Å². The fourth-order valence-corrected chi connectivity index (χ4v) is 1.55. The minimum Gasteiger partial charge on any atom is -0.486 e. The van der Waals surface area contributed by atoms with Gasteiger partial charge in [0.1, 0.15) is 18.2 Å². The van der Waals surface area contributed by atoms with Gasteiger partial charge in [-0.1, -0.05) is 12.1 Å². The molecule has 0 fully saturated rings. The molecular weight excluding hydrogens is 214 g/mol. The number of nitrogens with two attached hydrogens (primary N) is 1. The molecule has 2 aromatic rings. The van der Waals surface area contributed by atoms with E-state index in [1.807, 2.05) is 49.0 Å². The first-order chi connectivity index (χ1) is 8.16. The summed E-state index contributed by atoms with van der Waals surface area (Å²) in [5.74, 6) is 1.73. The van der Waals surface area contributed by atoms with Gasteiger partial charge < -0.3 is 15.0 Å². The van der Waals surface area contributed by atoms with Gasteiger partial charge in [0, 0.05) is 25.5 Å². The van der Waals surface area contributed by atoms with Crippen molar-refractivity contribution >= 4 is 0 Å². The summed E-state index contributed by atoms with van der Waals surface area (Å²) in [5.41, 5.74) is 6.89. The van der Waals surface area contributed by atoms with Crippen molar-refractivity contribution in [2.45, 2.75) is 19.6 Å². The molecule has 1 aromatic heterocycles. The molecule has 0 aliphatic rings. The predicted octanol–water partition coefficient (Wildman–Crippen LogP) is 2.02. The molecule has 90 valence electrons. The Bertz CT molecular complexity index is 474. The van der Waals surface area contributed by atoms with E-state index in [-0.39, 0.29) is 6.04 Å². The van der Waals surface area contributed by atoms with E-state index >= 15 is 0 Å². The Labute approximate surface area is 101 Å². The third-order valence-corrected chi connectivity index (χ3v) is 2.69. The molecule has 0 bridgehead atoms. The number of aryl methyl sites for hydroxylation is 1. The minimum atomic E-state index is 0.0543. The SMILES string of the molecule is CC(N)c1ccc(OCc2nccn2C)cc1. The average Bonchev–Trinajstić information content (AvgIpc) is 2.73. The van der Waals surface area contributed by atoms with Crippen molar-refractivity contribution in [1.29, 1.82) is 0 Å². The maximum atomic E-state index is 5.78. The van der Waals surface area contributed by atoms with Crippen molar-refractivity contribution in [1.82, 2.24) is 9.55 Å². The van der Waals surface area contributed by atoms with Crippen LogP contribution in [0.2, 0.25) is 0 Å². The molecule has 17 heavy (non-hydrogen) atoms. The zero-order valence-electron chi connectivity index (χ0n) is 10.1. The van der Waals surface area contributed by atoms with Gasteiger partial charge in [0.05, 0.1) is 0 Å². The summed E-state index contributed by atoms with van der Waals surface area (Å²) in [7, 11) is 1.95. The Kier molecular flexibility index (Phi) is 3.44. The van der Waals surface area contributed by atoms with Gasteiger partial charge in [-0.15, -0.1) is 0 Å². The van der Waals surface area contributed by atoms with E-state index in [0.717, 1.165) is 17.1 Å². The molecule has 0 aliphatic heterocycles. The number of aromatic nitrogens is 2. The third-order valence-electron chi connectivity index (χ3n) is 2.69. The standard InChI is InChI=1S/C13H17N3O/c1-10(14)11-3-5-12(6-4-11)17-9-13-15-7-8-16(13)2/h3-8,10H,9,14H2,1-2H3. The van der Waals surface area contributed by atoms with Crippen molar-refractivity contribution in [2.24, 2.45) is 12.8 Å². The molecule has 0 spiro atoms. The van der Waals surface area contributed by atoms with Crippen LogP contribution < -0.4 is 10.5 Å². The first-order valence-electron chi connectivity index (χ1n) is 5.61. The number of imidazole rings is 1. The highest BCUT2D eigenvalue weighted by atomic mass is 16.5. The van der Waals surface area contributed by atoms with Crippen LogP contribution in [0.5, 0.6) is 5.75 Å². The van der Waals surface area contributed by atoms with Crippen LogP contribution in [-0.4, -0.2) is 9.55 Å². The summed E-state index contributed by atoms with van der Waals surface area (Å²) in [6.07, 6.45) is 3.66. The summed E-state index contributed by atoms with van der Waals surface area (Å²) in [6.45, 7) is 2.44. The Morgan fingerprint density at radius 2 is 2.06 bits per heavy atom. The van der Waals surface area contributed by atoms with E-state index in [4.69, 9.17) is 10.5 Å². The molecule has 1 unspecified atom stereocenters. The lowest BCUT2D eigenvalue weighted by Crippen LogP contribution is -2.05. The monoisotopic (exact) mass is 231 g/mol. The zero-order chi connectivity index (χ0) is 12.3. The first-order valence-corrected chi connectivity index (χ1v) is 5.61. The lowest BCUT2D eigenvalue weighted by molar-refractivity contribution is 0.291. The van der Waals surface area contributed by atoms with E-state index in [2.05, 4.69) is 4.98 Å². The van der Waals surface area contributed by atoms with Crippen LogP contribution >= 0.6 is 0 Å². The van der Waals surface area contributed by atoms with Gasteiger partial charge in [-0.2, -0.15) is 0 Å². The van der Waals surface area contributed by atoms with Crippen LogP contribution in [-0.2, 0) is 13.7 Å². The van der Waals surface area contributed by atoms with Crippen molar-refractivity contribution in [2.75, 3.05) is 0 Å². The van der Waals surface area contributed by atoms with Crippen LogP contribution in [0.4, 0.5) is 0 Å². The van der Waals surface area contributed by atoms with Gasteiger partial charge in [0.2, 0.25) is 0 Å². The Morgan fingerprint density at radius 3 is 2.59 bits per heavy atom. The van der Waals surface area contributed by atoms with E-state index < -0.39 is 0 Å². The number of rotatable bonds is 4. The second-order valence-electron chi connectivity index (χ2n) is 4.10. The van der Waals surface area contributed by atoms with Crippen LogP contribution in [0.1, 0.15) is 24.4 Å². The molecule has 0 aliphatic carbocycles. The minimum absolute atomic E-state index is 0.0543. The summed E-state index contributed by atoms with van der Waals surface area (Å²) in [4.78, 5) is 4.19. The Hall–Kier alpha value is -1.81. The van der Waals surface area contributed by atoms with Gasteiger partial charge in [-0.05, 0) is 24.6 Å². The lowest BCUT2D eigenvalue weighted by Gasteiger charge is -2.08. The highest BCUT2D eigenvalue weighted by molar-refractivity contribution is 5.28. The van der Waals surface area contributed by atoms with Crippen molar-refractivity contribution in [3.05, 3.63) is 48.0 Å².